The molecule has 2 unspecified atom stereocenters. The van der Waals surface area contributed by atoms with Crippen LogP contribution in [0, 0.1) is 0 Å². The first kappa shape index (κ1) is 19.8. The van der Waals surface area contributed by atoms with Gasteiger partial charge in [0.25, 0.3) is 0 Å². The van der Waals surface area contributed by atoms with Crippen LogP contribution in [0.15, 0.2) is 50.6 Å². The van der Waals surface area contributed by atoms with Gasteiger partial charge in [0.2, 0.25) is 0 Å². The normalized spacial score (nSPS) is 13.9. The monoisotopic (exact) mass is 291 g/mol. The van der Waals surface area contributed by atoms with Crippen LogP contribution in [0.2, 0.25) is 0 Å². The minimum Gasteiger partial charge on any atom is -0.286 e. The Hall–Kier alpha value is -1.16. The largest absolute Gasteiger partial charge is 0.286 e. The van der Waals surface area contributed by atoms with E-state index in [1.807, 2.05) is 24.3 Å². The molecule has 0 heterocycles. The highest BCUT2D eigenvalue weighted by Gasteiger charge is 2.21. The Morgan fingerprint density at radius 2 is 1.00 bits per heavy atom. The molecule has 0 spiro atoms. The van der Waals surface area contributed by atoms with Crippen molar-refractivity contribution in [3.05, 3.63) is 50.6 Å². The van der Waals surface area contributed by atoms with Gasteiger partial charge in [0.1, 0.15) is 0 Å². The Balaban J connectivity index is 4.90. The molecule has 0 saturated carbocycles. The molecular weight excluding hydrogens is 258 g/mol. The molecule has 0 aromatic rings. The summed E-state index contributed by atoms with van der Waals surface area (Å²) in [4.78, 5) is 4.70. The average Bonchev–Trinajstić information content (AvgIpc) is 2.48. The predicted octanol–water partition coefficient (Wildman–Crippen LogP) is 3.40. The van der Waals surface area contributed by atoms with Crippen LogP contribution in [0.4, 0.5) is 0 Å². The second-order valence-electron chi connectivity index (χ2n) is 5.08. The molecule has 0 aliphatic heterocycles. The quantitative estimate of drug-likeness (QED) is 0.391. The van der Waals surface area contributed by atoms with Crippen molar-refractivity contribution >= 4 is 0 Å². The van der Waals surface area contributed by atoms with E-state index >= 15 is 0 Å². The van der Waals surface area contributed by atoms with E-state index in [-0.39, 0.29) is 0 Å². The lowest BCUT2D eigenvalue weighted by Gasteiger charge is -2.37. The molecule has 2 atom stereocenters. The van der Waals surface area contributed by atoms with E-state index in [0.29, 0.717) is 12.3 Å². The average molecular weight is 291 g/mol. The predicted molar refractivity (Wildman–Crippen MR) is 95.2 cm³/mol. The van der Waals surface area contributed by atoms with Crippen LogP contribution in [0.5, 0.6) is 0 Å². The number of hydrogen-bond donors (Lipinski definition) is 1. The highest BCUT2D eigenvalue weighted by atomic mass is 15.3. The molecule has 3 heteroatoms. The Kier molecular flexibility index (Phi) is 11.9. The first-order valence-corrected chi connectivity index (χ1v) is 7.86. The minimum atomic E-state index is 0.308. The van der Waals surface area contributed by atoms with Crippen LogP contribution >= 0.6 is 0 Å². The van der Waals surface area contributed by atoms with Crippen molar-refractivity contribution in [1.82, 2.24) is 15.1 Å². The molecule has 0 aliphatic carbocycles. The Morgan fingerprint density at radius 3 is 1.19 bits per heavy atom. The zero-order chi connectivity index (χ0) is 16.1. The molecular formula is C18H33N3. The smallest absolute Gasteiger partial charge is 0.0612 e. The molecule has 0 saturated heterocycles. The molecule has 21 heavy (non-hydrogen) atoms. The first-order chi connectivity index (χ1) is 10.2. The zero-order valence-electron chi connectivity index (χ0n) is 13.9. The summed E-state index contributed by atoms with van der Waals surface area (Å²) in [5, 5.41) is 3.75. The second kappa shape index (κ2) is 12.6. The van der Waals surface area contributed by atoms with E-state index in [0.717, 1.165) is 39.0 Å². The van der Waals surface area contributed by atoms with Crippen molar-refractivity contribution in [2.24, 2.45) is 0 Å². The van der Waals surface area contributed by atoms with E-state index in [4.69, 9.17) is 0 Å². The maximum atomic E-state index is 3.85. The van der Waals surface area contributed by atoms with Crippen LogP contribution in [-0.4, -0.2) is 48.3 Å². The number of nitrogens with zero attached hydrogens (tertiary/aromatic N) is 2. The van der Waals surface area contributed by atoms with Crippen molar-refractivity contribution in [2.45, 2.75) is 39.0 Å². The van der Waals surface area contributed by atoms with Crippen LogP contribution < -0.4 is 5.32 Å². The molecule has 0 bridgehead atoms. The summed E-state index contributed by atoms with van der Waals surface area (Å²) in [5.41, 5.74) is 0. The molecule has 0 amide bonds. The Morgan fingerprint density at radius 1 is 0.714 bits per heavy atom. The van der Waals surface area contributed by atoms with Gasteiger partial charge in [-0.1, -0.05) is 38.2 Å². The van der Waals surface area contributed by atoms with Gasteiger partial charge >= 0.3 is 0 Å². The summed E-state index contributed by atoms with van der Waals surface area (Å²) in [7, 11) is 0. The first-order valence-electron chi connectivity index (χ1n) is 7.86. The van der Waals surface area contributed by atoms with Gasteiger partial charge in [-0.15, -0.1) is 26.3 Å². The fourth-order valence-corrected chi connectivity index (χ4v) is 2.51. The van der Waals surface area contributed by atoms with Crippen LogP contribution in [0.1, 0.15) is 26.7 Å². The second-order valence-corrected chi connectivity index (χ2v) is 5.08. The van der Waals surface area contributed by atoms with Gasteiger partial charge in [0.05, 0.1) is 12.3 Å². The van der Waals surface area contributed by atoms with Crippen molar-refractivity contribution in [3.8, 4) is 0 Å². The fourth-order valence-electron chi connectivity index (χ4n) is 2.51. The summed E-state index contributed by atoms with van der Waals surface area (Å²) in [6.07, 6.45) is 10.5. The molecule has 1 N–H and O–H groups in total. The standard InChI is InChI=1S/C18H33N3/c1-7-13-20(14-8-2)17(11-5)19-18(12-6)21(15-9-3)16-10-4/h7-10,17-19H,1-4,11-16H2,5-6H3. The highest BCUT2D eigenvalue weighted by molar-refractivity contribution is 4.87. The van der Waals surface area contributed by atoms with Gasteiger partial charge < -0.3 is 0 Å². The molecule has 0 radical (unpaired) electrons. The maximum Gasteiger partial charge on any atom is 0.0612 e. The van der Waals surface area contributed by atoms with Crippen molar-refractivity contribution in [2.75, 3.05) is 26.2 Å². The van der Waals surface area contributed by atoms with E-state index in [9.17, 15) is 0 Å². The van der Waals surface area contributed by atoms with Gasteiger partial charge in [-0.05, 0) is 12.8 Å². The van der Waals surface area contributed by atoms with Crippen molar-refractivity contribution in [1.29, 1.82) is 0 Å². The summed E-state index contributed by atoms with van der Waals surface area (Å²) in [6.45, 7) is 23.2. The van der Waals surface area contributed by atoms with Gasteiger partial charge in [-0.25, -0.2) is 0 Å². The van der Waals surface area contributed by atoms with E-state index in [2.05, 4.69) is 55.3 Å². The zero-order valence-corrected chi connectivity index (χ0v) is 13.9. The molecule has 120 valence electrons. The molecule has 0 fully saturated rings. The third-order valence-electron chi connectivity index (χ3n) is 3.49. The Labute approximate surface area is 131 Å². The lowest BCUT2D eigenvalue weighted by atomic mass is 10.2. The molecule has 0 rings (SSSR count). The number of hydrogen-bond acceptors (Lipinski definition) is 3. The third kappa shape index (κ3) is 7.42. The lowest BCUT2D eigenvalue weighted by molar-refractivity contribution is 0.111. The third-order valence-corrected chi connectivity index (χ3v) is 3.49. The van der Waals surface area contributed by atoms with E-state index in [1.54, 1.807) is 0 Å². The van der Waals surface area contributed by atoms with Crippen LogP contribution in [-0.2, 0) is 0 Å². The van der Waals surface area contributed by atoms with Crippen molar-refractivity contribution < 1.29 is 0 Å². The summed E-state index contributed by atoms with van der Waals surface area (Å²) in [6, 6.07) is 0. The number of rotatable bonds is 14. The van der Waals surface area contributed by atoms with Crippen LogP contribution in [0.3, 0.4) is 0 Å². The van der Waals surface area contributed by atoms with Gasteiger partial charge in [-0.2, -0.15) is 0 Å². The molecule has 3 nitrogen and oxygen atoms in total. The summed E-state index contributed by atoms with van der Waals surface area (Å²) in [5.74, 6) is 0. The molecule has 0 aromatic heterocycles. The Bertz CT molecular complexity index is 262. The van der Waals surface area contributed by atoms with Crippen molar-refractivity contribution in [3.63, 3.8) is 0 Å². The van der Waals surface area contributed by atoms with E-state index in [1.165, 1.54) is 0 Å². The summed E-state index contributed by atoms with van der Waals surface area (Å²) < 4.78 is 0. The van der Waals surface area contributed by atoms with Crippen LogP contribution in [0.25, 0.3) is 0 Å². The topological polar surface area (TPSA) is 18.5 Å². The van der Waals surface area contributed by atoms with Gasteiger partial charge in [-0.3, -0.25) is 15.1 Å². The highest BCUT2D eigenvalue weighted by Crippen LogP contribution is 2.08. The SMILES string of the molecule is C=CCN(CC=C)C(CC)NC(CC)N(CC=C)CC=C. The molecule has 0 aromatic carbocycles. The van der Waals surface area contributed by atoms with Gasteiger partial charge in [0.15, 0.2) is 0 Å². The maximum absolute atomic E-state index is 3.85. The number of nitrogens with one attached hydrogen (secondary N) is 1. The van der Waals surface area contributed by atoms with E-state index < -0.39 is 0 Å². The molecule has 0 aliphatic rings. The minimum absolute atomic E-state index is 0.308. The van der Waals surface area contributed by atoms with Gasteiger partial charge in [0, 0.05) is 26.2 Å². The lowest BCUT2D eigenvalue weighted by Crippen LogP contribution is -2.55. The fraction of sp³-hybridized carbons (Fsp3) is 0.556. The summed E-state index contributed by atoms with van der Waals surface area (Å²) >= 11 is 0.